The molecule has 0 fully saturated rings. The summed E-state index contributed by atoms with van der Waals surface area (Å²) >= 11 is 0. The number of amides is 1. The van der Waals surface area contributed by atoms with Gasteiger partial charge in [-0.2, -0.15) is 5.10 Å². The van der Waals surface area contributed by atoms with Crippen LogP contribution in [-0.2, 0) is 6.42 Å². The molecule has 0 aliphatic carbocycles. The van der Waals surface area contributed by atoms with E-state index in [4.69, 9.17) is 10.8 Å². The summed E-state index contributed by atoms with van der Waals surface area (Å²) in [4.78, 5) is 15.6. The summed E-state index contributed by atoms with van der Waals surface area (Å²) in [5.41, 5.74) is -0.0256. The summed E-state index contributed by atoms with van der Waals surface area (Å²) in [6.07, 6.45) is 0.948. The molecule has 2 aromatic carbocycles. The van der Waals surface area contributed by atoms with Gasteiger partial charge in [0.25, 0.3) is 5.91 Å². The molecule has 0 saturated carbocycles. The lowest BCUT2D eigenvalue weighted by Gasteiger charge is -2.12. The zero-order valence-corrected chi connectivity index (χ0v) is 17.3. The lowest BCUT2D eigenvalue weighted by Crippen LogP contribution is -2.30. The van der Waals surface area contributed by atoms with Crippen LogP contribution in [0, 0.1) is 28.3 Å². The Labute approximate surface area is 185 Å². The van der Waals surface area contributed by atoms with Gasteiger partial charge >= 0.3 is 0 Å². The van der Waals surface area contributed by atoms with Gasteiger partial charge in [-0.25, -0.2) is 17.9 Å². The predicted octanol–water partition coefficient (Wildman–Crippen LogP) is 3.42. The zero-order valence-electron chi connectivity index (χ0n) is 17.3. The van der Waals surface area contributed by atoms with Crippen LogP contribution in [0.2, 0.25) is 0 Å². The summed E-state index contributed by atoms with van der Waals surface area (Å²) in [5, 5.41) is 23.0. The van der Waals surface area contributed by atoms with E-state index >= 15 is 0 Å². The normalized spacial score (nSPS) is 10.9. The highest BCUT2D eigenvalue weighted by Crippen LogP contribution is 2.24. The largest absolute Gasteiger partial charge is 0.355 e. The van der Waals surface area contributed by atoms with Crippen LogP contribution in [0.25, 0.3) is 22.2 Å². The van der Waals surface area contributed by atoms with Crippen molar-refractivity contribution in [1.82, 2.24) is 20.1 Å². The predicted molar refractivity (Wildman–Crippen MR) is 115 cm³/mol. The Balaban J connectivity index is 1.70. The molecular formula is C23H17F3N6O. The molecule has 0 aliphatic rings. The van der Waals surface area contributed by atoms with Gasteiger partial charge < -0.3 is 5.32 Å². The fourth-order valence-electron chi connectivity index (χ4n) is 3.37. The number of carbonyl (C=O) groups excluding carboxylic acids is 1. The topological polar surface area (TPSA) is 108 Å². The second kappa shape index (κ2) is 8.65. The second-order valence-electron chi connectivity index (χ2n) is 7.13. The Kier molecular flexibility index (Phi) is 5.74. The highest BCUT2D eigenvalue weighted by atomic mass is 19.1. The van der Waals surface area contributed by atoms with E-state index in [1.807, 2.05) is 0 Å². The molecule has 0 radical (unpaired) electrons. The maximum absolute atomic E-state index is 14.9. The van der Waals surface area contributed by atoms with Gasteiger partial charge in [0.05, 0.1) is 16.8 Å². The molecule has 2 heterocycles. The van der Waals surface area contributed by atoms with Crippen molar-refractivity contribution in [3.05, 3.63) is 88.8 Å². The fourth-order valence-corrected chi connectivity index (χ4v) is 3.37. The van der Waals surface area contributed by atoms with Gasteiger partial charge in [-0.15, -0.1) is 0 Å². The molecule has 10 heteroatoms. The molecule has 0 spiro atoms. The van der Waals surface area contributed by atoms with E-state index in [0.29, 0.717) is 5.56 Å². The number of rotatable bonds is 4. The van der Waals surface area contributed by atoms with Crippen molar-refractivity contribution in [2.24, 2.45) is 0 Å². The van der Waals surface area contributed by atoms with Gasteiger partial charge in [-0.3, -0.25) is 20.6 Å². The Hall–Kier alpha value is -4.34. The van der Waals surface area contributed by atoms with Crippen LogP contribution >= 0.6 is 0 Å². The smallest absolute Gasteiger partial charge is 0.253 e. The number of nitrogens with zero attached hydrogens (tertiary/aromatic N) is 3. The molecule has 33 heavy (non-hydrogen) atoms. The summed E-state index contributed by atoms with van der Waals surface area (Å²) in [5.74, 6) is -3.40. The molecule has 0 saturated heterocycles. The lowest BCUT2D eigenvalue weighted by molar-refractivity contribution is 0.0959. The van der Waals surface area contributed by atoms with Crippen molar-refractivity contribution >= 4 is 22.6 Å². The number of nitrogens with one attached hydrogen (secondary N) is 3. The van der Waals surface area contributed by atoms with Crippen molar-refractivity contribution in [1.29, 1.82) is 10.8 Å². The van der Waals surface area contributed by atoms with Crippen molar-refractivity contribution in [2.75, 3.05) is 7.05 Å². The number of hydrogen-bond donors (Lipinski definition) is 3. The third-order valence-electron chi connectivity index (χ3n) is 5.06. The number of fused-ring (bicyclic) bond motifs is 1. The Morgan fingerprint density at radius 1 is 1.09 bits per heavy atom. The van der Waals surface area contributed by atoms with Gasteiger partial charge in [-0.05, 0) is 36.4 Å². The average molecular weight is 450 g/mol. The summed E-state index contributed by atoms with van der Waals surface area (Å²) in [6, 6.07) is 10.7. The Morgan fingerprint density at radius 2 is 1.88 bits per heavy atom. The van der Waals surface area contributed by atoms with E-state index in [1.54, 1.807) is 0 Å². The Morgan fingerprint density at radius 3 is 2.61 bits per heavy atom. The van der Waals surface area contributed by atoms with Crippen LogP contribution in [0.1, 0.15) is 15.9 Å². The van der Waals surface area contributed by atoms with E-state index in [1.165, 1.54) is 49.6 Å². The third-order valence-corrected chi connectivity index (χ3v) is 5.06. The molecule has 3 N–H and O–H groups in total. The number of halogens is 3. The van der Waals surface area contributed by atoms with E-state index in [9.17, 15) is 18.0 Å². The van der Waals surface area contributed by atoms with E-state index < -0.39 is 29.8 Å². The second-order valence-corrected chi connectivity index (χ2v) is 7.13. The lowest BCUT2D eigenvalue weighted by atomic mass is 10.1. The van der Waals surface area contributed by atoms with Gasteiger partial charge in [0.2, 0.25) is 0 Å². The van der Waals surface area contributed by atoms with E-state index in [0.717, 1.165) is 16.8 Å². The van der Waals surface area contributed by atoms with Gasteiger partial charge in [0.1, 0.15) is 28.8 Å². The maximum Gasteiger partial charge on any atom is 0.253 e. The summed E-state index contributed by atoms with van der Waals surface area (Å²) in [6.45, 7) is 0. The zero-order chi connectivity index (χ0) is 23.7. The molecule has 0 unspecified atom stereocenters. The number of pyridine rings is 1. The molecule has 4 aromatic rings. The molecule has 0 atom stereocenters. The van der Waals surface area contributed by atoms with Crippen molar-refractivity contribution < 1.29 is 18.0 Å². The Bertz CT molecular complexity index is 1480. The standard InChI is InChI=1S/C23H17F3N6O/c1-29-23(33)13-5-4-12(9-16(13)24)18-6-7-20(27)32(31-18)21(28)10-15-17(25)11-19-14(22(15)26)3-2-8-30-19/h2-9,11,27-28H,10H2,1H3,(H,29,33). The van der Waals surface area contributed by atoms with Crippen LogP contribution < -0.4 is 10.8 Å². The van der Waals surface area contributed by atoms with Crippen molar-refractivity contribution in [3.63, 3.8) is 0 Å². The first kappa shape index (κ1) is 21.9. The molecular weight excluding hydrogens is 433 g/mol. The average Bonchev–Trinajstić information content (AvgIpc) is 2.81. The quantitative estimate of drug-likeness (QED) is 0.328. The molecule has 166 valence electrons. The molecule has 0 aliphatic heterocycles. The number of aromatic nitrogens is 3. The van der Waals surface area contributed by atoms with Gasteiger partial charge in [-0.1, -0.05) is 6.07 Å². The molecule has 2 aromatic heterocycles. The molecule has 0 bridgehead atoms. The van der Waals surface area contributed by atoms with Gasteiger partial charge in [0.15, 0.2) is 0 Å². The summed E-state index contributed by atoms with van der Waals surface area (Å²) < 4.78 is 44.7. The molecule has 7 nitrogen and oxygen atoms in total. The fraction of sp³-hybridized carbons (Fsp3) is 0.0870. The van der Waals surface area contributed by atoms with Crippen LogP contribution in [-0.4, -0.2) is 33.6 Å². The van der Waals surface area contributed by atoms with Crippen LogP contribution in [0.4, 0.5) is 13.2 Å². The first-order chi connectivity index (χ1) is 15.8. The minimum atomic E-state index is -0.862. The SMILES string of the molecule is CNC(=O)c1ccc(-c2ccc(=N)n(C(=N)Cc3c(F)cc4ncccc4c3F)n2)cc1F. The van der Waals surface area contributed by atoms with E-state index in [2.05, 4.69) is 15.4 Å². The monoisotopic (exact) mass is 450 g/mol. The van der Waals surface area contributed by atoms with Crippen molar-refractivity contribution in [3.8, 4) is 11.3 Å². The highest BCUT2D eigenvalue weighted by molar-refractivity contribution is 5.94. The van der Waals surface area contributed by atoms with Gasteiger partial charge in [0, 0.05) is 42.2 Å². The molecule has 1 amide bonds. The third kappa shape index (κ3) is 4.10. The minimum Gasteiger partial charge on any atom is -0.355 e. The molecule has 4 rings (SSSR count). The van der Waals surface area contributed by atoms with Crippen LogP contribution in [0.5, 0.6) is 0 Å². The highest BCUT2D eigenvalue weighted by Gasteiger charge is 2.18. The first-order valence-corrected chi connectivity index (χ1v) is 9.76. The van der Waals surface area contributed by atoms with E-state index in [-0.39, 0.29) is 39.0 Å². The number of hydrogen-bond acceptors (Lipinski definition) is 5. The van der Waals surface area contributed by atoms with Crippen LogP contribution in [0.3, 0.4) is 0 Å². The maximum atomic E-state index is 14.9. The first-order valence-electron chi connectivity index (χ1n) is 9.76. The number of benzene rings is 2. The summed E-state index contributed by atoms with van der Waals surface area (Å²) in [7, 11) is 1.39. The number of carbonyl (C=O) groups is 1. The van der Waals surface area contributed by atoms with Crippen molar-refractivity contribution in [2.45, 2.75) is 6.42 Å². The van der Waals surface area contributed by atoms with Crippen LogP contribution in [0.15, 0.2) is 54.7 Å². The minimum absolute atomic E-state index is 0.117.